The van der Waals surface area contributed by atoms with Gasteiger partial charge < -0.3 is 0 Å². The molecule has 3 atom stereocenters. The number of halogens is 1. The van der Waals surface area contributed by atoms with E-state index in [0.29, 0.717) is 16.8 Å². The van der Waals surface area contributed by atoms with Crippen molar-refractivity contribution in [1.82, 2.24) is 14.1 Å². The summed E-state index contributed by atoms with van der Waals surface area (Å²) in [5.74, 6) is 0.840. The number of sulfonamides is 1. The lowest BCUT2D eigenvalue weighted by molar-refractivity contribution is 0.227. The fraction of sp³-hybridized carbons (Fsp3) is 0.615. The molecule has 0 spiro atoms. The maximum atomic E-state index is 12.7. The summed E-state index contributed by atoms with van der Waals surface area (Å²) >= 11 is 7.39. The van der Waals surface area contributed by atoms with Crippen LogP contribution in [0.1, 0.15) is 33.1 Å². The van der Waals surface area contributed by atoms with Crippen molar-refractivity contribution in [3.8, 4) is 0 Å². The first-order chi connectivity index (χ1) is 9.90. The van der Waals surface area contributed by atoms with Crippen LogP contribution in [0.5, 0.6) is 0 Å². The molecular formula is C13H18ClN3O2S2. The Morgan fingerprint density at radius 1 is 1.43 bits per heavy atom. The third-order valence-corrected chi connectivity index (χ3v) is 7.09. The van der Waals surface area contributed by atoms with E-state index in [9.17, 15) is 8.42 Å². The molecule has 2 aromatic heterocycles. The standard InChI is InChI=1S/C13H18ClN3O2S2/c1-8-4-3-5-10(9(8)2)16-21(18,19)12-11(14)15-13-17(12)6-7-20-13/h6-10,16H,3-5H2,1-2H3. The van der Waals surface area contributed by atoms with Crippen molar-refractivity contribution < 1.29 is 8.42 Å². The molecule has 0 bridgehead atoms. The first-order valence-electron chi connectivity index (χ1n) is 7.03. The second kappa shape index (κ2) is 5.53. The molecule has 1 aliphatic carbocycles. The molecular weight excluding hydrogens is 330 g/mol. The lowest BCUT2D eigenvalue weighted by atomic mass is 9.78. The number of hydrogen-bond donors (Lipinski definition) is 1. The number of nitrogens with one attached hydrogen (secondary N) is 1. The number of thiazole rings is 1. The van der Waals surface area contributed by atoms with E-state index in [1.165, 1.54) is 15.7 Å². The Kier molecular flexibility index (Phi) is 4.02. The number of aromatic nitrogens is 2. The predicted molar refractivity (Wildman–Crippen MR) is 84.4 cm³/mol. The summed E-state index contributed by atoms with van der Waals surface area (Å²) in [6.07, 6.45) is 4.75. The molecule has 3 unspecified atom stereocenters. The fourth-order valence-electron chi connectivity index (χ4n) is 2.98. The quantitative estimate of drug-likeness (QED) is 0.927. The Balaban J connectivity index is 1.93. The van der Waals surface area contributed by atoms with Gasteiger partial charge in [0.2, 0.25) is 0 Å². The van der Waals surface area contributed by atoms with Gasteiger partial charge in [-0.25, -0.2) is 18.1 Å². The van der Waals surface area contributed by atoms with Gasteiger partial charge >= 0.3 is 0 Å². The minimum atomic E-state index is -3.67. The van der Waals surface area contributed by atoms with E-state index in [-0.39, 0.29) is 16.2 Å². The number of nitrogens with zero attached hydrogens (tertiary/aromatic N) is 2. The molecule has 1 N–H and O–H groups in total. The van der Waals surface area contributed by atoms with Crippen molar-refractivity contribution in [3.05, 3.63) is 16.7 Å². The molecule has 1 saturated carbocycles. The zero-order chi connectivity index (χ0) is 15.2. The maximum absolute atomic E-state index is 12.7. The average Bonchev–Trinajstić information content (AvgIpc) is 2.94. The molecule has 1 aliphatic rings. The van der Waals surface area contributed by atoms with Gasteiger partial charge in [0.1, 0.15) is 0 Å². The van der Waals surface area contributed by atoms with Crippen LogP contribution in [0.2, 0.25) is 5.15 Å². The van der Waals surface area contributed by atoms with Crippen LogP contribution < -0.4 is 4.72 Å². The van der Waals surface area contributed by atoms with Gasteiger partial charge in [-0.1, -0.05) is 38.3 Å². The molecule has 5 nitrogen and oxygen atoms in total. The summed E-state index contributed by atoms with van der Waals surface area (Å²) in [4.78, 5) is 4.68. The summed E-state index contributed by atoms with van der Waals surface area (Å²) in [5, 5.41) is 1.87. The number of fused-ring (bicyclic) bond motifs is 1. The van der Waals surface area contributed by atoms with E-state index >= 15 is 0 Å². The smallest absolute Gasteiger partial charge is 0.260 e. The zero-order valence-electron chi connectivity index (χ0n) is 11.9. The first-order valence-corrected chi connectivity index (χ1v) is 9.77. The van der Waals surface area contributed by atoms with E-state index in [0.717, 1.165) is 19.3 Å². The topological polar surface area (TPSA) is 63.5 Å². The van der Waals surface area contributed by atoms with Crippen molar-refractivity contribution in [2.24, 2.45) is 11.8 Å². The molecule has 2 aromatic rings. The molecule has 8 heteroatoms. The summed E-state index contributed by atoms with van der Waals surface area (Å²) in [6, 6.07) is -0.0426. The van der Waals surface area contributed by atoms with Gasteiger partial charge in [-0.15, -0.1) is 11.3 Å². The normalized spacial score (nSPS) is 27.3. The Morgan fingerprint density at radius 2 is 2.19 bits per heavy atom. The molecule has 3 rings (SSSR count). The lowest BCUT2D eigenvalue weighted by Gasteiger charge is -2.34. The maximum Gasteiger partial charge on any atom is 0.260 e. The SMILES string of the molecule is CC1CCCC(NS(=O)(=O)c2c(Cl)nc3sccn23)C1C. The van der Waals surface area contributed by atoms with Gasteiger partial charge in [0.15, 0.2) is 15.1 Å². The average molecular weight is 348 g/mol. The highest BCUT2D eigenvalue weighted by atomic mass is 35.5. The molecule has 0 amide bonds. The van der Waals surface area contributed by atoms with Crippen LogP contribution in [-0.2, 0) is 10.0 Å². The van der Waals surface area contributed by atoms with E-state index in [1.807, 2.05) is 0 Å². The number of rotatable bonds is 3. The molecule has 0 aromatic carbocycles. The Morgan fingerprint density at radius 3 is 2.95 bits per heavy atom. The van der Waals surface area contributed by atoms with E-state index in [2.05, 4.69) is 23.6 Å². The van der Waals surface area contributed by atoms with Crippen LogP contribution in [0.15, 0.2) is 16.6 Å². The third kappa shape index (κ3) is 2.72. The van der Waals surface area contributed by atoms with E-state index < -0.39 is 10.0 Å². The van der Waals surface area contributed by atoms with Gasteiger partial charge in [0, 0.05) is 17.6 Å². The Bertz CT molecular complexity index is 753. The van der Waals surface area contributed by atoms with Crippen LogP contribution in [0.3, 0.4) is 0 Å². The number of imidazole rings is 1. The molecule has 116 valence electrons. The first kappa shape index (κ1) is 15.3. The van der Waals surface area contributed by atoms with Gasteiger partial charge in [-0.05, 0) is 18.3 Å². The zero-order valence-corrected chi connectivity index (χ0v) is 14.3. The molecule has 2 heterocycles. The van der Waals surface area contributed by atoms with Crippen LogP contribution in [0.4, 0.5) is 0 Å². The van der Waals surface area contributed by atoms with E-state index in [4.69, 9.17) is 11.6 Å². The van der Waals surface area contributed by atoms with Crippen LogP contribution in [-0.4, -0.2) is 23.8 Å². The van der Waals surface area contributed by atoms with Crippen LogP contribution >= 0.6 is 22.9 Å². The van der Waals surface area contributed by atoms with Crippen LogP contribution in [0.25, 0.3) is 4.96 Å². The summed E-state index contributed by atoms with van der Waals surface area (Å²) in [5.41, 5.74) is 0. The molecule has 0 radical (unpaired) electrons. The lowest BCUT2D eigenvalue weighted by Crippen LogP contribution is -2.43. The Labute approximate surface area is 133 Å². The highest BCUT2D eigenvalue weighted by molar-refractivity contribution is 7.89. The number of hydrogen-bond acceptors (Lipinski definition) is 4. The molecule has 0 aliphatic heterocycles. The molecule has 1 fully saturated rings. The minimum Gasteiger partial charge on any atom is -0.279 e. The second-order valence-electron chi connectivity index (χ2n) is 5.76. The van der Waals surface area contributed by atoms with Crippen molar-refractivity contribution in [2.45, 2.75) is 44.2 Å². The minimum absolute atomic E-state index is 0.0332. The molecule has 21 heavy (non-hydrogen) atoms. The fourth-order valence-corrected chi connectivity index (χ4v) is 5.80. The highest BCUT2D eigenvalue weighted by Crippen LogP contribution is 2.32. The third-order valence-electron chi connectivity index (χ3n) is 4.45. The van der Waals surface area contributed by atoms with Crippen molar-refractivity contribution in [3.63, 3.8) is 0 Å². The molecule has 0 saturated heterocycles. The van der Waals surface area contributed by atoms with Crippen molar-refractivity contribution >= 4 is 37.9 Å². The largest absolute Gasteiger partial charge is 0.279 e. The van der Waals surface area contributed by atoms with Gasteiger partial charge in [-0.2, -0.15) is 0 Å². The summed E-state index contributed by atoms with van der Waals surface area (Å²) in [6.45, 7) is 4.28. The van der Waals surface area contributed by atoms with Gasteiger partial charge in [0.25, 0.3) is 10.0 Å². The summed E-state index contributed by atoms with van der Waals surface area (Å²) in [7, 11) is -3.67. The summed E-state index contributed by atoms with van der Waals surface area (Å²) < 4.78 is 29.8. The van der Waals surface area contributed by atoms with E-state index in [1.54, 1.807) is 11.6 Å². The van der Waals surface area contributed by atoms with Crippen LogP contribution in [0, 0.1) is 11.8 Å². The van der Waals surface area contributed by atoms with Crippen molar-refractivity contribution in [1.29, 1.82) is 0 Å². The van der Waals surface area contributed by atoms with Gasteiger partial charge in [0.05, 0.1) is 0 Å². The Hall–Kier alpha value is -0.630. The van der Waals surface area contributed by atoms with Crippen molar-refractivity contribution in [2.75, 3.05) is 0 Å². The monoisotopic (exact) mass is 347 g/mol. The highest BCUT2D eigenvalue weighted by Gasteiger charge is 2.33. The van der Waals surface area contributed by atoms with Gasteiger partial charge in [-0.3, -0.25) is 4.40 Å². The second-order valence-corrected chi connectivity index (χ2v) is 8.62. The predicted octanol–water partition coefficient (Wildman–Crippen LogP) is 3.15.